The number of ether oxygens (including phenoxy) is 6. The molecule has 0 bridgehead atoms. The van der Waals surface area contributed by atoms with Crippen LogP contribution in [0.15, 0.2) is 0 Å². The maximum Gasteiger partial charge on any atom is 0.394 e. The van der Waals surface area contributed by atoms with Crippen LogP contribution >= 0.6 is 0 Å². The predicted molar refractivity (Wildman–Crippen MR) is 284 cm³/mol. The first-order valence-electron chi connectivity index (χ1n) is 29.5. The summed E-state index contributed by atoms with van der Waals surface area (Å²) in [6.07, 6.45) is 53.1. The highest BCUT2D eigenvalue weighted by molar-refractivity contribution is 7.79. The van der Waals surface area contributed by atoms with Gasteiger partial charge in [0.1, 0.15) is 0 Å². The fourth-order valence-corrected chi connectivity index (χ4v) is 10.3. The van der Waals surface area contributed by atoms with Crippen molar-refractivity contribution in [2.24, 2.45) is 11.5 Å². The summed E-state index contributed by atoms with van der Waals surface area (Å²) in [6.45, 7) is 12.2. The number of rotatable bonds is 44. The third kappa shape index (κ3) is 29.3. The summed E-state index contributed by atoms with van der Waals surface area (Å²) in [6, 6.07) is -0.0823. The van der Waals surface area contributed by atoms with Gasteiger partial charge in [0.05, 0.1) is 38.5 Å². The third-order valence-electron chi connectivity index (χ3n) is 15.2. The topological polar surface area (TPSA) is 182 Å². The van der Waals surface area contributed by atoms with Gasteiger partial charge in [-0.1, -0.05) is 233 Å². The van der Waals surface area contributed by atoms with E-state index in [1.165, 1.54) is 218 Å². The van der Waals surface area contributed by atoms with Crippen LogP contribution in [-0.2, 0) is 38.8 Å². The molecular weight excluding hydrogens is 893 g/mol. The lowest BCUT2D eigenvalue weighted by atomic mass is 9.92. The number of unbranched alkanes of at least 4 members (excludes halogenated alkanes) is 30. The van der Waals surface area contributed by atoms with E-state index in [2.05, 4.69) is 27.7 Å². The van der Waals surface area contributed by atoms with Crippen LogP contribution in [-0.4, -0.2) is 79.2 Å². The van der Waals surface area contributed by atoms with E-state index in [9.17, 15) is 0 Å². The second-order valence-corrected chi connectivity index (χ2v) is 22.3. The van der Waals surface area contributed by atoms with E-state index in [1.54, 1.807) is 0 Å². The van der Waals surface area contributed by atoms with Gasteiger partial charge in [-0.15, -0.1) is 0 Å². The molecule has 12 nitrogen and oxygen atoms in total. The Morgan fingerprint density at radius 2 is 0.594 bits per heavy atom. The highest BCUT2D eigenvalue weighted by Crippen LogP contribution is 2.45. The van der Waals surface area contributed by atoms with Crippen molar-refractivity contribution >= 4 is 10.4 Å². The molecule has 6 N–H and O–H groups in total. The van der Waals surface area contributed by atoms with Gasteiger partial charge < -0.3 is 39.9 Å². The Morgan fingerprint density at radius 3 is 0.783 bits per heavy atom. The van der Waals surface area contributed by atoms with Crippen molar-refractivity contribution in [3.05, 3.63) is 0 Å². The van der Waals surface area contributed by atoms with E-state index >= 15 is 0 Å². The average molecular weight is 1010 g/mol. The Kier molecular flexibility index (Phi) is 36.6. The maximum atomic E-state index is 8.74. The zero-order valence-electron chi connectivity index (χ0n) is 45.4. The Bertz CT molecular complexity index is 1200. The van der Waals surface area contributed by atoms with Crippen molar-refractivity contribution in [3.63, 3.8) is 0 Å². The van der Waals surface area contributed by atoms with E-state index in [-0.39, 0.29) is 12.1 Å². The van der Waals surface area contributed by atoms with Crippen LogP contribution in [0.25, 0.3) is 0 Å². The van der Waals surface area contributed by atoms with Crippen LogP contribution in [0.2, 0.25) is 0 Å². The monoisotopic (exact) mass is 1000 g/mol. The Morgan fingerprint density at radius 1 is 0.391 bits per heavy atom. The first kappa shape index (κ1) is 64.7. The van der Waals surface area contributed by atoms with Gasteiger partial charge in [-0.2, -0.15) is 8.42 Å². The Labute approximate surface area is 425 Å². The number of hydrogen-bond donors (Lipinski definition) is 4. The molecule has 0 aromatic rings. The lowest BCUT2D eigenvalue weighted by molar-refractivity contribution is -0.436. The SMILES string of the molecule is CCCCCCCCCCCC1(OC2(C(N)CCCCCCCCCC)CCO2)CCO1.CCCCCCCCCCCC1(OC2(C(N)CCCCCCCCCC)CCO2)CCO1.O=S(=O)(O)O. The zero-order valence-corrected chi connectivity index (χ0v) is 46.2. The van der Waals surface area contributed by atoms with Crippen LogP contribution in [0.3, 0.4) is 0 Å². The van der Waals surface area contributed by atoms with E-state index in [1.807, 2.05) is 0 Å². The second-order valence-electron chi connectivity index (χ2n) is 21.4. The molecule has 0 aromatic heterocycles. The molecule has 4 aliphatic rings. The first-order chi connectivity index (χ1) is 33.3. The predicted octanol–water partition coefficient (Wildman–Crippen LogP) is 15.4. The smallest absolute Gasteiger partial charge is 0.349 e. The van der Waals surface area contributed by atoms with E-state index < -0.39 is 33.5 Å². The highest BCUT2D eigenvalue weighted by atomic mass is 32.3. The summed E-state index contributed by atoms with van der Waals surface area (Å²) >= 11 is 0. The van der Waals surface area contributed by atoms with Crippen molar-refractivity contribution in [3.8, 4) is 0 Å². The molecule has 0 radical (unpaired) electrons. The summed E-state index contributed by atoms with van der Waals surface area (Å²) in [7, 11) is -4.67. The van der Waals surface area contributed by atoms with Crippen molar-refractivity contribution in [1.82, 2.24) is 0 Å². The Balaban J connectivity index is 0.000000431. The summed E-state index contributed by atoms with van der Waals surface area (Å²) in [5.74, 6) is -2.06. The van der Waals surface area contributed by atoms with Gasteiger partial charge >= 0.3 is 10.4 Å². The van der Waals surface area contributed by atoms with E-state index in [0.717, 1.165) is 77.8 Å². The van der Waals surface area contributed by atoms with E-state index in [4.69, 9.17) is 57.4 Å². The number of hydrogen-bond acceptors (Lipinski definition) is 10. The van der Waals surface area contributed by atoms with Crippen LogP contribution < -0.4 is 11.5 Å². The fraction of sp³-hybridized carbons (Fsp3) is 1.00. The van der Waals surface area contributed by atoms with Crippen LogP contribution in [0.5, 0.6) is 0 Å². The summed E-state index contributed by atoms with van der Waals surface area (Å²) < 4.78 is 68.8. The molecule has 4 heterocycles. The van der Waals surface area contributed by atoms with Gasteiger partial charge in [0.25, 0.3) is 0 Å². The molecule has 0 amide bonds. The summed E-state index contributed by atoms with van der Waals surface area (Å²) in [5.41, 5.74) is 13.2. The largest absolute Gasteiger partial charge is 0.394 e. The minimum Gasteiger partial charge on any atom is -0.349 e. The van der Waals surface area contributed by atoms with Crippen LogP contribution in [0.1, 0.15) is 297 Å². The molecule has 6 atom stereocenters. The molecule has 0 spiro atoms. The van der Waals surface area contributed by atoms with Gasteiger partial charge in [0, 0.05) is 38.5 Å². The standard InChI is InChI=1S/2C28H55NO3.H2O4S/c2*1-3-5-7-9-11-13-15-17-19-21-27(22-24-30-27)32-28(23-25-31-28)26(29)20-18-16-14-12-10-8-6-4-2;1-5(2,3)4/h2*26H,3-25,29H2,1-2H3;(H2,1,2,3,4). The van der Waals surface area contributed by atoms with Crippen LogP contribution in [0, 0.1) is 0 Å². The van der Waals surface area contributed by atoms with Gasteiger partial charge in [-0.3, -0.25) is 9.11 Å². The normalized spacial score (nSPS) is 24.9. The molecular formula is C56H112N2O10S. The average Bonchev–Trinajstić information content (AvgIpc) is 3.26. The first-order valence-corrected chi connectivity index (χ1v) is 30.9. The lowest BCUT2D eigenvalue weighted by Gasteiger charge is -2.53. The molecule has 69 heavy (non-hydrogen) atoms. The quantitative estimate of drug-likeness (QED) is 0.0335. The zero-order chi connectivity index (χ0) is 50.4. The highest BCUT2D eigenvalue weighted by Gasteiger charge is 2.55. The minimum atomic E-state index is -4.67. The van der Waals surface area contributed by atoms with Crippen molar-refractivity contribution in [2.75, 3.05) is 26.4 Å². The third-order valence-corrected chi connectivity index (χ3v) is 15.2. The van der Waals surface area contributed by atoms with Gasteiger partial charge in [0.2, 0.25) is 0 Å². The molecule has 412 valence electrons. The Hall–Kier alpha value is -0.450. The second kappa shape index (κ2) is 39.0. The molecule has 0 aromatic carbocycles. The molecule has 0 aliphatic carbocycles. The van der Waals surface area contributed by atoms with Crippen molar-refractivity contribution in [1.29, 1.82) is 0 Å². The molecule has 4 aliphatic heterocycles. The lowest BCUT2D eigenvalue weighted by Crippen LogP contribution is -2.65. The van der Waals surface area contributed by atoms with Gasteiger partial charge in [-0.25, -0.2) is 0 Å². The van der Waals surface area contributed by atoms with Crippen LogP contribution in [0.4, 0.5) is 0 Å². The molecule has 4 rings (SSSR count). The summed E-state index contributed by atoms with van der Waals surface area (Å²) in [5, 5.41) is 0. The molecule has 0 saturated carbocycles. The fourth-order valence-electron chi connectivity index (χ4n) is 10.3. The molecule has 4 fully saturated rings. The van der Waals surface area contributed by atoms with Crippen molar-refractivity contribution in [2.45, 2.75) is 333 Å². The van der Waals surface area contributed by atoms with Crippen molar-refractivity contribution < 1.29 is 45.9 Å². The maximum absolute atomic E-state index is 8.74. The molecule has 6 unspecified atom stereocenters. The molecule has 4 saturated heterocycles. The minimum absolute atomic E-state index is 0.0412. The molecule has 13 heteroatoms. The summed E-state index contributed by atoms with van der Waals surface area (Å²) in [4.78, 5) is 0. The van der Waals surface area contributed by atoms with Gasteiger partial charge in [0.15, 0.2) is 23.1 Å². The van der Waals surface area contributed by atoms with E-state index in [0.29, 0.717) is 0 Å². The number of nitrogens with two attached hydrogens (primary N) is 2. The van der Waals surface area contributed by atoms with Gasteiger partial charge in [-0.05, 0) is 25.7 Å².